The summed E-state index contributed by atoms with van der Waals surface area (Å²) in [4.78, 5) is 1.36. The summed E-state index contributed by atoms with van der Waals surface area (Å²) in [5, 5.41) is 3.21. The first-order valence-electron chi connectivity index (χ1n) is 5.97. The van der Waals surface area contributed by atoms with Crippen LogP contribution in [0.5, 0.6) is 0 Å². The Balaban J connectivity index is 1.98. The second-order valence-corrected chi connectivity index (χ2v) is 6.21. The highest BCUT2D eigenvalue weighted by molar-refractivity contribution is 9.10. The number of hydrogen-bond acceptors (Lipinski definition) is 3. The van der Waals surface area contributed by atoms with E-state index in [4.69, 9.17) is 4.74 Å². The Morgan fingerprint density at radius 2 is 2.41 bits per heavy atom. The maximum atomic E-state index is 5.65. The van der Waals surface area contributed by atoms with Gasteiger partial charge in [-0.3, -0.25) is 0 Å². The lowest BCUT2D eigenvalue weighted by Crippen LogP contribution is -2.09. The number of nitrogens with one attached hydrogen (secondary N) is 1. The molecule has 1 aromatic carbocycles. The third-order valence-corrected chi connectivity index (χ3v) is 4.58. The zero-order valence-corrected chi connectivity index (χ0v) is 12.4. The van der Waals surface area contributed by atoms with Gasteiger partial charge in [-0.1, -0.05) is 15.9 Å². The van der Waals surface area contributed by atoms with Crippen LogP contribution < -0.4 is 5.32 Å². The predicted octanol–water partition coefficient (Wildman–Crippen LogP) is 3.44. The van der Waals surface area contributed by atoms with E-state index in [2.05, 4.69) is 39.4 Å². The van der Waals surface area contributed by atoms with Crippen molar-refractivity contribution in [2.24, 2.45) is 0 Å². The van der Waals surface area contributed by atoms with E-state index in [-0.39, 0.29) is 0 Å². The molecule has 94 valence electrons. The average molecular weight is 316 g/mol. The Kier molecular flexibility index (Phi) is 5.35. The summed E-state index contributed by atoms with van der Waals surface area (Å²) in [6.45, 7) is 1.85. The fourth-order valence-electron chi connectivity index (χ4n) is 1.98. The van der Waals surface area contributed by atoms with Gasteiger partial charge in [0.05, 0.1) is 6.10 Å². The van der Waals surface area contributed by atoms with Gasteiger partial charge in [-0.15, -0.1) is 11.8 Å². The Morgan fingerprint density at radius 1 is 1.53 bits per heavy atom. The van der Waals surface area contributed by atoms with Crippen molar-refractivity contribution in [3.63, 3.8) is 0 Å². The van der Waals surface area contributed by atoms with Crippen LogP contribution in [0.3, 0.4) is 0 Å². The molecule has 17 heavy (non-hydrogen) atoms. The summed E-state index contributed by atoms with van der Waals surface area (Å²) < 4.78 is 6.80. The van der Waals surface area contributed by atoms with E-state index >= 15 is 0 Å². The third-order valence-electron chi connectivity index (χ3n) is 2.84. The van der Waals surface area contributed by atoms with Crippen molar-refractivity contribution in [1.82, 2.24) is 5.32 Å². The number of thioether (sulfide) groups is 1. The standard InChI is InChI=1S/C13H18BrNOS/c1-15-8-10-7-11(14)4-5-13(10)17-9-12-3-2-6-16-12/h4-5,7,12,15H,2-3,6,8-9H2,1H3. The van der Waals surface area contributed by atoms with E-state index in [1.807, 2.05) is 18.8 Å². The largest absolute Gasteiger partial charge is 0.377 e. The molecule has 0 aromatic heterocycles. The zero-order valence-electron chi connectivity index (χ0n) is 10.0. The molecule has 1 aliphatic heterocycles. The van der Waals surface area contributed by atoms with Crippen molar-refractivity contribution in [3.8, 4) is 0 Å². The van der Waals surface area contributed by atoms with Crippen molar-refractivity contribution in [2.75, 3.05) is 19.4 Å². The van der Waals surface area contributed by atoms with Gasteiger partial charge in [-0.2, -0.15) is 0 Å². The molecule has 0 aliphatic carbocycles. The van der Waals surface area contributed by atoms with Gasteiger partial charge in [0.15, 0.2) is 0 Å². The lowest BCUT2D eigenvalue weighted by Gasteiger charge is -2.12. The molecule has 1 saturated heterocycles. The SMILES string of the molecule is CNCc1cc(Br)ccc1SCC1CCCO1. The molecule has 1 aliphatic rings. The second kappa shape index (κ2) is 6.78. The fraction of sp³-hybridized carbons (Fsp3) is 0.538. The summed E-state index contributed by atoms with van der Waals surface area (Å²) in [7, 11) is 1.98. The third kappa shape index (κ3) is 3.98. The molecule has 0 saturated carbocycles. The second-order valence-electron chi connectivity index (χ2n) is 4.23. The molecule has 1 aromatic rings. The number of benzene rings is 1. The maximum absolute atomic E-state index is 5.65. The molecule has 1 atom stereocenters. The van der Waals surface area contributed by atoms with Crippen molar-refractivity contribution < 1.29 is 4.74 Å². The van der Waals surface area contributed by atoms with Gasteiger partial charge in [0.1, 0.15) is 0 Å². The summed E-state index contributed by atoms with van der Waals surface area (Å²) >= 11 is 5.43. The lowest BCUT2D eigenvalue weighted by atomic mass is 10.2. The lowest BCUT2D eigenvalue weighted by molar-refractivity contribution is 0.129. The minimum Gasteiger partial charge on any atom is -0.377 e. The normalized spacial score (nSPS) is 19.8. The van der Waals surface area contributed by atoms with Crippen LogP contribution in [-0.2, 0) is 11.3 Å². The Hall–Kier alpha value is -0.0300. The first kappa shape index (κ1) is 13.4. The maximum Gasteiger partial charge on any atom is 0.0669 e. The molecular formula is C13H18BrNOS. The predicted molar refractivity (Wildman–Crippen MR) is 76.6 cm³/mol. The van der Waals surface area contributed by atoms with Crippen molar-refractivity contribution in [1.29, 1.82) is 0 Å². The van der Waals surface area contributed by atoms with Crippen LogP contribution in [0.2, 0.25) is 0 Å². The van der Waals surface area contributed by atoms with Gasteiger partial charge >= 0.3 is 0 Å². The van der Waals surface area contributed by atoms with Crippen LogP contribution >= 0.6 is 27.7 Å². The first-order valence-corrected chi connectivity index (χ1v) is 7.75. The molecule has 1 N–H and O–H groups in total. The molecule has 2 nitrogen and oxygen atoms in total. The van der Waals surface area contributed by atoms with Crippen LogP contribution in [0.1, 0.15) is 18.4 Å². The summed E-state index contributed by atoms with van der Waals surface area (Å²) in [6.07, 6.45) is 2.88. The topological polar surface area (TPSA) is 21.3 Å². The first-order chi connectivity index (χ1) is 8.29. The average Bonchev–Trinajstić information content (AvgIpc) is 2.81. The Bertz CT molecular complexity index is 366. The molecule has 0 radical (unpaired) electrons. The zero-order chi connectivity index (χ0) is 12.1. The Morgan fingerprint density at radius 3 is 3.12 bits per heavy atom. The van der Waals surface area contributed by atoms with Crippen LogP contribution in [0.15, 0.2) is 27.6 Å². The van der Waals surface area contributed by atoms with E-state index in [9.17, 15) is 0 Å². The monoisotopic (exact) mass is 315 g/mol. The van der Waals surface area contributed by atoms with Crippen LogP contribution in [0.4, 0.5) is 0 Å². The fourth-order valence-corrected chi connectivity index (χ4v) is 3.49. The summed E-state index contributed by atoms with van der Waals surface area (Å²) in [5.74, 6) is 1.07. The summed E-state index contributed by atoms with van der Waals surface area (Å²) in [6, 6.07) is 6.49. The number of hydrogen-bond donors (Lipinski definition) is 1. The van der Waals surface area contributed by atoms with E-state index in [1.54, 1.807) is 0 Å². The van der Waals surface area contributed by atoms with Crippen LogP contribution in [0.25, 0.3) is 0 Å². The molecule has 1 fully saturated rings. The van der Waals surface area contributed by atoms with E-state index < -0.39 is 0 Å². The number of halogens is 1. The highest BCUT2D eigenvalue weighted by atomic mass is 79.9. The molecule has 0 amide bonds. The van der Waals surface area contributed by atoms with Gasteiger partial charge in [-0.25, -0.2) is 0 Å². The number of ether oxygens (including phenoxy) is 1. The highest BCUT2D eigenvalue weighted by Gasteiger charge is 2.16. The molecule has 0 spiro atoms. The smallest absolute Gasteiger partial charge is 0.0669 e. The number of rotatable bonds is 5. The van der Waals surface area contributed by atoms with E-state index in [1.165, 1.54) is 23.3 Å². The molecule has 1 heterocycles. The molecule has 0 bridgehead atoms. The van der Waals surface area contributed by atoms with Gasteiger partial charge in [-0.05, 0) is 43.7 Å². The van der Waals surface area contributed by atoms with Gasteiger partial charge in [0, 0.05) is 28.3 Å². The minimum atomic E-state index is 0.450. The Labute approximate surface area is 116 Å². The van der Waals surface area contributed by atoms with Gasteiger partial charge in [0.2, 0.25) is 0 Å². The minimum absolute atomic E-state index is 0.450. The van der Waals surface area contributed by atoms with Crippen molar-refractivity contribution in [3.05, 3.63) is 28.2 Å². The summed E-state index contributed by atoms with van der Waals surface area (Å²) in [5.41, 5.74) is 1.35. The highest BCUT2D eigenvalue weighted by Crippen LogP contribution is 2.28. The van der Waals surface area contributed by atoms with Crippen LogP contribution in [-0.4, -0.2) is 25.5 Å². The van der Waals surface area contributed by atoms with Gasteiger partial charge in [0.25, 0.3) is 0 Å². The van der Waals surface area contributed by atoms with E-state index in [0.717, 1.165) is 23.4 Å². The molecule has 1 unspecified atom stereocenters. The quantitative estimate of drug-likeness (QED) is 0.841. The van der Waals surface area contributed by atoms with Gasteiger partial charge < -0.3 is 10.1 Å². The van der Waals surface area contributed by atoms with Crippen LogP contribution in [0, 0.1) is 0 Å². The molecular weight excluding hydrogens is 298 g/mol. The van der Waals surface area contributed by atoms with Crippen molar-refractivity contribution >= 4 is 27.7 Å². The van der Waals surface area contributed by atoms with Crippen molar-refractivity contribution in [2.45, 2.75) is 30.4 Å². The molecule has 2 rings (SSSR count). The molecule has 4 heteroatoms. The van der Waals surface area contributed by atoms with E-state index in [0.29, 0.717) is 6.10 Å².